The van der Waals surface area contributed by atoms with Gasteiger partial charge in [-0.1, -0.05) is 157 Å². The lowest BCUT2D eigenvalue weighted by atomic mass is 9.37. The van der Waals surface area contributed by atoms with E-state index in [2.05, 4.69) is 233 Å². The average Bonchev–Trinajstić information content (AvgIpc) is 3.93. The quantitative estimate of drug-likeness (QED) is 0.165. The molecule has 12 rings (SSSR count). The number of para-hydroxylation sites is 1. The molecule has 6 aromatic carbocycles. The fourth-order valence-electron chi connectivity index (χ4n) is 12.9. The molecule has 1 saturated carbocycles. The lowest BCUT2D eigenvalue weighted by molar-refractivity contribution is 0.195. The third-order valence-corrected chi connectivity index (χ3v) is 17.2. The van der Waals surface area contributed by atoms with E-state index in [0.717, 1.165) is 80.2 Å². The average molecular weight is 924 g/mol. The zero-order chi connectivity index (χ0) is 49.2. The van der Waals surface area contributed by atoms with E-state index in [-0.39, 0.29) is 39.3 Å². The maximum absolute atomic E-state index is 7.41. The van der Waals surface area contributed by atoms with Crippen LogP contribution < -0.4 is 31.5 Å². The summed E-state index contributed by atoms with van der Waals surface area (Å²) in [7, 11) is 0. The van der Waals surface area contributed by atoms with Crippen molar-refractivity contribution >= 4 is 90.9 Å². The van der Waals surface area contributed by atoms with Gasteiger partial charge in [0.2, 0.25) is 0 Å². The molecule has 1 fully saturated rings. The highest BCUT2D eigenvalue weighted by molar-refractivity contribution is 6.99. The molecule has 2 aromatic heterocycles. The minimum Gasteiger partial charge on any atom is -0.468 e. The van der Waals surface area contributed by atoms with Gasteiger partial charge in [-0.25, -0.2) is 0 Å². The monoisotopic (exact) mass is 924 g/mol. The van der Waals surface area contributed by atoms with E-state index in [0.29, 0.717) is 0 Å². The van der Waals surface area contributed by atoms with Crippen LogP contribution in [-0.2, 0) is 27.1 Å². The molecular formula is C64H70BN3O2. The standard InChI is InChI=1S/C64H70BN3O2/c1-59(2,3)39-21-27-43(28-22-39)66-50-37-45(68-49-20-16-15-19-48(49)63(13)33-17-18-34-64(63,68)14)38-51-54(50)65(57-55(66)46-35-41(61(7,8)9)25-31-52(46)69-57)58-56(47-36-42(62(10,11)12)26-32-53(47)70-58)67(51)44-29-23-40(24-30-44)60(4,5)6/h15-16,19-32,35-38H,17-18,33-34H2,1-14H3. The van der Waals surface area contributed by atoms with Crippen molar-refractivity contribution < 1.29 is 8.83 Å². The maximum atomic E-state index is 7.41. The normalized spacial score (nSPS) is 19.9. The maximum Gasteiger partial charge on any atom is 0.342 e. The molecule has 0 bridgehead atoms. The van der Waals surface area contributed by atoms with Crippen LogP contribution >= 0.6 is 0 Å². The Morgan fingerprint density at radius 3 is 1.34 bits per heavy atom. The van der Waals surface area contributed by atoms with E-state index in [4.69, 9.17) is 8.83 Å². The summed E-state index contributed by atoms with van der Waals surface area (Å²) in [6, 6.07) is 46.8. The summed E-state index contributed by atoms with van der Waals surface area (Å²) in [5.41, 5.74) is 20.3. The second-order valence-electron chi connectivity index (χ2n) is 25.8. The van der Waals surface area contributed by atoms with Gasteiger partial charge >= 0.3 is 6.71 Å². The Labute approximate surface area is 417 Å². The number of fused-ring (bicyclic) bond motifs is 11. The number of hydrogen-bond donors (Lipinski definition) is 0. The molecule has 5 heterocycles. The Hall–Kier alpha value is -6.14. The van der Waals surface area contributed by atoms with Crippen molar-refractivity contribution in [3.05, 3.63) is 149 Å². The van der Waals surface area contributed by atoms with Gasteiger partial charge in [-0.05, 0) is 141 Å². The van der Waals surface area contributed by atoms with E-state index in [1.54, 1.807) is 0 Å². The largest absolute Gasteiger partial charge is 0.468 e. The number of anilines is 8. The van der Waals surface area contributed by atoms with Crippen molar-refractivity contribution in [2.75, 3.05) is 14.7 Å². The van der Waals surface area contributed by atoms with Gasteiger partial charge in [0, 0.05) is 50.3 Å². The van der Waals surface area contributed by atoms with E-state index in [9.17, 15) is 0 Å². The van der Waals surface area contributed by atoms with E-state index >= 15 is 0 Å². The van der Waals surface area contributed by atoms with Crippen molar-refractivity contribution in [3.63, 3.8) is 0 Å². The van der Waals surface area contributed by atoms with Crippen molar-refractivity contribution in [1.82, 2.24) is 0 Å². The van der Waals surface area contributed by atoms with Crippen LogP contribution in [0.3, 0.4) is 0 Å². The number of nitrogens with zero attached hydrogens (tertiary/aromatic N) is 3. The zero-order valence-corrected chi connectivity index (χ0v) is 44.1. The fraction of sp³-hybridized carbons (Fsp3) is 0.375. The van der Waals surface area contributed by atoms with Gasteiger partial charge < -0.3 is 23.5 Å². The van der Waals surface area contributed by atoms with E-state index in [1.807, 2.05) is 0 Å². The predicted molar refractivity (Wildman–Crippen MR) is 298 cm³/mol. The van der Waals surface area contributed by atoms with Crippen LogP contribution in [0.5, 0.6) is 0 Å². The summed E-state index contributed by atoms with van der Waals surface area (Å²) in [4.78, 5) is 7.86. The molecular weight excluding hydrogens is 854 g/mol. The lowest BCUT2D eigenvalue weighted by Gasteiger charge is -2.51. The van der Waals surface area contributed by atoms with Crippen LogP contribution in [0.4, 0.5) is 45.5 Å². The minimum absolute atomic E-state index is 0.00145. The summed E-state index contributed by atoms with van der Waals surface area (Å²) in [5, 5.41) is 2.23. The number of furan rings is 2. The first kappa shape index (κ1) is 45.0. The Balaban J connectivity index is 1.24. The lowest BCUT2D eigenvalue weighted by Crippen LogP contribution is -2.60. The molecule has 3 aliphatic heterocycles. The molecule has 5 nitrogen and oxygen atoms in total. The first-order valence-electron chi connectivity index (χ1n) is 26.0. The molecule has 8 aromatic rings. The molecule has 0 N–H and O–H groups in total. The summed E-state index contributed by atoms with van der Waals surface area (Å²) < 4.78 is 14.8. The van der Waals surface area contributed by atoms with Crippen LogP contribution in [0.2, 0.25) is 0 Å². The first-order chi connectivity index (χ1) is 33.0. The number of benzene rings is 6. The molecule has 6 heteroatoms. The van der Waals surface area contributed by atoms with Gasteiger partial charge in [-0.3, -0.25) is 0 Å². The molecule has 4 aliphatic rings. The molecule has 2 unspecified atom stereocenters. The molecule has 356 valence electrons. The van der Waals surface area contributed by atoms with Gasteiger partial charge in [0.15, 0.2) is 0 Å². The van der Waals surface area contributed by atoms with Crippen LogP contribution in [0.1, 0.15) is 150 Å². The summed E-state index contributed by atoms with van der Waals surface area (Å²) in [6.07, 6.45) is 4.72. The summed E-state index contributed by atoms with van der Waals surface area (Å²) in [5.74, 6) is 0. The topological polar surface area (TPSA) is 36.0 Å². The number of rotatable bonds is 3. The van der Waals surface area contributed by atoms with Gasteiger partial charge in [0.25, 0.3) is 0 Å². The third kappa shape index (κ3) is 6.43. The number of hydrogen-bond acceptors (Lipinski definition) is 5. The Kier molecular flexibility index (Phi) is 9.47. The highest BCUT2D eigenvalue weighted by atomic mass is 16.3. The Morgan fingerprint density at radius 2 is 0.886 bits per heavy atom. The zero-order valence-electron chi connectivity index (χ0n) is 44.1. The Bertz CT molecular complexity index is 3240. The van der Waals surface area contributed by atoms with E-state index in [1.165, 1.54) is 57.5 Å². The van der Waals surface area contributed by atoms with Crippen LogP contribution in [0.25, 0.3) is 21.9 Å². The van der Waals surface area contributed by atoms with Gasteiger partial charge in [0.05, 0.1) is 16.9 Å². The highest BCUT2D eigenvalue weighted by Gasteiger charge is 2.58. The molecule has 70 heavy (non-hydrogen) atoms. The SMILES string of the molecule is CC(C)(C)c1ccc(N2c3cc(N4c5ccccc5C5(C)CCCCC45C)cc4c3B(c3oc5ccc(C(C)(C)C)cc5c32)c2oc3ccc(C(C)(C)C)cc3c2N4c2ccc(C(C)(C)C)cc2)cc1. The smallest absolute Gasteiger partial charge is 0.342 e. The van der Waals surface area contributed by atoms with Gasteiger partial charge in [-0.15, -0.1) is 0 Å². The summed E-state index contributed by atoms with van der Waals surface area (Å²) in [6.45, 7) is 32.4. The van der Waals surface area contributed by atoms with Crippen molar-refractivity contribution in [2.45, 2.75) is 155 Å². The van der Waals surface area contributed by atoms with Crippen molar-refractivity contribution in [3.8, 4) is 0 Å². The van der Waals surface area contributed by atoms with Crippen molar-refractivity contribution in [2.24, 2.45) is 0 Å². The molecule has 1 aliphatic carbocycles. The third-order valence-electron chi connectivity index (χ3n) is 17.2. The minimum atomic E-state index is -0.323. The molecule has 0 amide bonds. The van der Waals surface area contributed by atoms with Gasteiger partial charge in [0.1, 0.15) is 22.5 Å². The van der Waals surface area contributed by atoms with E-state index < -0.39 is 0 Å². The molecule has 0 saturated heterocycles. The van der Waals surface area contributed by atoms with Crippen LogP contribution in [0, 0.1) is 0 Å². The molecule has 0 radical (unpaired) electrons. The predicted octanol–water partition coefficient (Wildman–Crippen LogP) is 16.2. The van der Waals surface area contributed by atoms with Crippen LogP contribution in [-0.4, -0.2) is 12.3 Å². The summed E-state index contributed by atoms with van der Waals surface area (Å²) >= 11 is 0. The molecule has 2 atom stereocenters. The van der Waals surface area contributed by atoms with Crippen molar-refractivity contribution in [1.29, 1.82) is 0 Å². The molecule has 0 spiro atoms. The van der Waals surface area contributed by atoms with Crippen LogP contribution in [0.15, 0.2) is 130 Å². The highest BCUT2D eigenvalue weighted by Crippen LogP contribution is 2.62. The fourth-order valence-corrected chi connectivity index (χ4v) is 12.9. The second kappa shape index (κ2) is 14.7. The first-order valence-corrected chi connectivity index (χ1v) is 26.0. The van der Waals surface area contributed by atoms with Gasteiger partial charge in [-0.2, -0.15) is 0 Å². The second-order valence-corrected chi connectivity index (χ2v) is 25.8. The Morgan fingerprint density at radius 1 is 0.457 bits per heavy atom.